The summed E-state index contributed by atoms with van der Waals surface area (Å²) in [5, 5.41) is 2.62. The van der Waals surface area contributed by atoms with Gasteiger partial charge in [-0.2, -0.15) is 0 Å². The van der Waals surface area contributed by atoms with Crippen molar-refractivity contribution >= 4 is 33.2 Å². The van der Waals surface area contributed by atoms with Crippen LogP contribution in [0.1, 0.15) is 36.2 Å². The molecule has 1 heterocycles. The van der Waals surface area contributed by atoms with E-state index in [1.54, 1.807) is 24.3 Å². The van der Waals surface area contributed by atoms with Crippen molar-refractivity contribution < 1.29 is 18.0 Å². The second-order valence-corrected chi connectivity index (χ2v) is 8.64. The number of anilines is 2. The lowest BCUT2D eigenvalue weighted by molar-refractivity contribution is -0.114. The van der Waals surface area contributed by atoms with Gasteiger partial charge >= 0.3 is 0 Å². The van der Waals surface area contributed by atoms with Gasteiger partial charge < -0.3 is 11.1 Å². The maximum atomic E-state index is 13.4. The van der Waals surface area contributed by atoms with E-state index < -0.39 is 22.0 Å². The van der Waals surface area contributed by atoms with E-state index in [4.69, 9.17) is 5.73 Å². The van der Waals surface area contributed by atoms with Gasteiger partial charge in [-0.3, -0.25) is 13.9 Å². The van der Waals surface area contributed by atoms with Crippen molar-refractivity contribution in [2.24, 2.45) is 5.73 Å². The fourth-order valence-corrected chi connectivity index (χ4v) is 5.02. The summed E-state index contributed by atoms with van der Waals surface area (Å²) < 4.78 is 28.3. The first kappa shape index (κ1) is 20.6. The quantitative estimate of drug-likeness (QED) is 0.710. The Morgan fingerprint density at radius 1 is 1.21 bits per heavy atom. The summed E-state index contributed by atoms with van der Waals surface area (Å²) in [5.74, 6) is -0.785. The first-order chi connectivity index (χ1) is 13.7. The van der Waals surface area contributed by atoms with Gasteiger partial charge in [-0.1, -0.05) is 19.1 Å². The van der Waals surface area contributed by atoms with Crippen LogP contribution in [0.25, 0.3) is 0 Å². The van der Waals surface area contributed by atoms with E-state index in [-0.39, 0.29) is 10.8 Å². The lowest BCUT2D eigenvalue weighted by Crippen LogP contribution is -2.36. The Balaban J connectivity index is 2.04. The van der Waals surface area contributed by atoms with Crippen molar-refractivity contribution in [3.05, 3.63) is 65.7 Å². The average molecular weight is 413 g/mol. The molecule has 152 valence electrons. The molecule has 2 aromatic rings. The highest BCUT2D eigenvalue weighted by Gasteiger charge is 2.37. The van der Waals surface area contributed by atoms with Gasteiger partial charge in [-0.15, -0.1) is 0 Å². The number of carbonyl (C=O) groups excluding carboxylic acids is 2. The van der Waals surface area contributed by atoms with Crippen LogP contribution in [0.5, 0.6) is 0 Å². The Kier molecular flexibility index (Phi) is 5.74. The zero-order chi connectivity index (χ0) is 21.2. The van der Waals surface area contributed by atoms with Crippen LogP contribution in [-0.2, 0) is 21.2 Å². The summed E-state index contributed by atoms with van der Waals surface area (Å²) in [7, 11) is -3.86. The van der Waals surface area contributed by atoms with Crippen LogP contribution in [0.15, 0.2) is 59.5 Å². The fraction of sp³-hybridized carbons (Fsp3) is 0.238. The second-order valence-electron chi connectivity index (χ2n) is 6.82. The largest absolute Gasteiger partial charge is 0.366 e. The van der Waals surface area contributed by atoms with Gasteiger partial charge in [0, 0.05) is 18.2 Å². The summed E-state index contributed by atoms with van der Waals surface area (Å²) in [6.07, 6.45) is 5.02. The molecule has 3 rings (SSSR count). The number of allylic oxidation sites excluding steroid dienone is 1. The van der Waals surface area contributed by atoms with Crippen molar-refractivity contribution in [2.45, 2.75) is 37.6 Å². The first-order valence-corrected chi connectivity index (χ1v) is 10.7. The van der Waals surface area contributed by atoms with E-state index >= 15 is 0 Å². The molecule has 8 heteroatoms. The molecule has 7 nitrogen and oxygen atoms in total. The molecule has 1 aliphatic rings. The number of rotatable bonds is 6. The van der Waals surface area contributed by atoms with E-state index in [1.807, 2.05) is 19.1 Å². The van der Waals surface area contributed by atoms with E-state index in [2.05, 4.69) is 5.32 Å². The standard InChI is InChI=1S/C21H23N3O4S/c1-3-4-5-18-13-16-12-15(21(22)26)6-11-20(16)24(18)29(27,28)19-9-7-17(8-10-19)23-14(2)25/h4-12,18H,3,13H2,1-2H3,(H2,22,26)(H,23,25)/b5-4+. The molecule has 0 saturated heterocycles. The number of hydrogen-bond donors (Lipinski definition) is 2. The number of benzene rings is 2. The summed E-state index contributed by atoms with van der Waals surface area (Å²) in [5.41, 5.74) is 7.53. The molecule has 3 N–H and O–H groups in total. The monoisotopic (exact) mass is 413 g/mol. The van der Waals surface area contributed by atoms with Crippen LogP contribution >= 0.6 is 0 Å². The van der Waals surface area contributed by atoms with E-state index in [0.29, 0.717) is 23.4 Å². The summed E-state index contributed by atoms with van der Waals surface area (Å²) in [4.78, 5) is 22.8. The minimum Gasteiger partial charge on any atom is -0.366 e. The predicted octanol–water partition coefficient (Wildman–Crippen LogP) is 2.83. The molecule has 0 radical (unpaired) electrons. The maximum absolute atomic E-state index is 13.4. The van der Waals surface area contributed by atoms with Gasteiger partial charge in [0.15, 0.2) is 0 Å². The molecule has 1 aliphatic heterocycles. The number of nitrogens with one attached hydrogen (secondary N) is 1. The SMILES string of the molecule is CC/C=C/C1Cc2cc(C(N)=O)ccc2N1S(=O)(=O)c1ccc(NC(C)=O)cc1. The third-order valence-electron chi connectivity index (χ3n) is 4.66. The molecule has 2 aromatic carbocycles. The van der Waals surface area contributed by atoms with Crippen molar-refractivity contribution in [3.63, 3.8) is 0 Å². The minimum atomic E-state index is -3.86. The van der Waals surface area contributed by atoms with E-state index in [9.17, 15) is 18.0 Å². The third-order valence-corrected chi connectivity index (χ3v) is 6.51. The average Bonchev–Trinajstić information content (AvgIpc) is 3.04. The Hall–Kier alpha value is -3.13. The molecule has 0 saturated carbocycles. The third kappa shape index (κ3) is 4.17. The van der Waals surface area contributed by atoms with Gasteiger partial charge in [-0.05, 0) is 60.9 Å². The smallest absolute Gasteiger partial charge is 0.264 e. The van der Waals surface area contributed by atoms with Crippen LogP contribution in [0, 0.1) is 0 Å². The highest BCUT2D eigenvalue weighted by molar-refractivity contribution is 7.92. The topological polar surface area (TPSA) is 110 Å². The molecule has 0 fully saturated rings. The summed E-state index contributed by atoms with van der Waals surface area (Å²) in [6.45, 7) is 3.36. The van der Waals surface area contributed by atoms with Crippen LogP contribution in [0.3, 0.4) is 0 Å². The number of nitrogens with two attached hydrogens (primary N) is 1. The molecule has 0 bridgehead atoms. The van der Waals surface area contributed by atoms with Crippen LogP contribution < -0.4 is 15.4 Å². The van der Waals surface area contributed by atoms with Crippen LogP contribution in [-0.4, -0.2) is 26.3 Å². The normalized spacial score (nSPS) is 16.1. The number of sulfonamides is 1. The summed E-state index contributed by atoms with van der Waals surface area (Å²) in [6, 6.07) is 10.5. The van der Waals surface area contributed by atoms with Gasteiger partial charge in [0.25, 0.3) is 10.0 Å². The number of nitrogens with zero attached hydrogens (tertiary/aromatic N) is 1. The lowest BCUT2D eigenvalue weighted by Gasteiger charge is -2.25. The molecule has 0 spiro atoms. The fourth-order valence-electron chi connectivity index (χ4n) is 3.38. The van der Waals surface area contributed by atoms with Crippen molar-refractivity contribution in [3.8, 4) is 0 Å². The van der Waals surface area contributed by atoms with Crippen molar-refractivity contribution in [2.75, 3.05) is 9.62 Å². The van der Waals surface area contributed by atoms with Gasteiger partial charge in [-0.25, -0.2) is 8.42 Å². The van der Waals surface area contributed by atoms with E-state index in [0.717, 1.165) is 12.0 Å². The molecule has 29 heavy (non-hydrogen) atoms. The maximum Gasteiger partial charge on any atom is 0.264 e. The Bertz CT molecular complexity index is 1080. The molecule has 0 aromatic heterocycles. The zero-order valence-corrected chi connectivity index (χ0v) is 17.1. The molecular formula is C21H23N3O4S. The number of carbonyl (C=O) groups is 2. The molecule has 1 atom stereocenters. The highest BCUT2D eigenvalue weighted by Crippen LogP contribution is 2.38. The first-order valence-electron chi connectivity index (χ1n) is 9.25. The Labute approximate surface area is 170 Å². The van der Waals surface area contributed by atoms with Crippen LogP contribution in [0.2, 0.25) is 0 Å². The predicted molar refractivity (Wildman–Crippen MR) is 112 cm³/mol. The number of fused-ring (bicyclic) bond motifs is 1. The highest BCUT2D eigenvalue weighted by atomic mass is 32.2. The van der Waals surface area contributed by atoms with Gasteiger partial charge in [0.05, 0.1) is 16.6 Å². The Morgan fingerprint density at radius 3 is 2.48 bits per heavy atom. The molecule has 0 aliphatic carbocycles. The number of amides is 2. The van der Waals surface area contributed by atoms with Gasteiger partial charge in [0.1, 0.15) is 0 Å². The summed E-state index contributed by atoms with van der Waals surface area (Å²) >= 11 is 0. The molecule has 2 amide bonds. The van der Waals surface area contributed by atoms with Crippen LogP contribution in [0.4, 0.5) is 11.4 Å². The van der Waals surface area contributed by atoms with Crippen molar-refractivity contribution in [1.82, 2.24) is 0 Å². The van der Waals surface area contributed by atoms with Crippen molar-refractivity contribution in [1.29, 1.82) is 0 Å². The van der Waals surface area contributed by atoms with E-state index in [1.165, 1.54) is 29.4 Å². The minimum absolute atomic E-state index is 0.119. The van der Waals surface area contributed by atoms with Gasteiger partial charge in [0.2, 0.25) is 11.8 Å². The number of primary amides is 1. The molecular weight excluding hydrogens is 390 g/mol. The molecule has 1 unspecified atom stereocenters. The second kappa shape index (κ2) is 8.08. The number of hydrogen-bond acceptors (Lipinski definition) is 4. The lowest BCUT2D eigenvalue weighted by atomic mass is 10.1. The Morgan fingerprint density at radius 2 is 1.90 bits per heavy atom. The zero-order valence-electron chi connectivity index (χ0n) is 16.3.